The van der Waals surface area contributed by atoms with Gasteiger partial charge in [0.1, 0.15) is 0 Å². The second-order valence-electron chi connectivity index (χ2n) is 5.14. The van der Waals surface area contributed by atoms with Gasteiger partial charge in [0.25, 0.3) is 5.91 Å². The van der Waals surface area contributed by atoms with Crippen molar-refractivity contribution in [2.45, 2.75) is 25.4 Å². The van der Waals surface area contributed by atoms with Crippen LogP contribution in [0.1, 0.15) is 28.6 Å². The monoisotopic (exact) mass is 289 g/mol. The molecule has 20 heavy (non-hydrogen) atoms. The predicted octanol–water partition coefficient (Wildman–Crippen LogP) is 2.86. The van der Waals surface area contributed by atoms with Crippen molar-refractivity contribution >= 4 is 17.2 Å². The third-order valence-electron chi connectivity index (χ3n) is 3.17. The quantitative estimate of drug-likeness (QED) is 0.859. The fraction of sp³-hybridized carbons (Fsp3) is 0.312. The van der Waals surface area contributed by atoms with E-state index in [0.29, 0.717) is 11.3 Å². The number of amides is 1. The molecule has 2 N–H and O–H groups in total. The van der Waals surface area contributed by atoms with Gasteiger partial charge in [-0.15, -0.1) is 11.3 Å². The van der Waals surface area contributed by atoms with E-state index in [1.165, 1.54) is 16.9 Å². The van der Waals surface area contributed by atoms with Gasteiger partial charge in [-0.2, -0.15) is 0 Å². The first-order chi connectivity index (χ1) is 9.57. The molecule has 3 nitrogen and oxygen atoms in total. The van der Waals surface area contributed by atoms with Crippen LogP contribution < -0.4 is 5.32 Å². The van der Waals surface area contributed by atoms with Crippen molar-refractivity contribution in [1.29, 1.82) is 0 Å². The molecule has 0 unspecified atom stereocenters. The summed E-state index contributed by atoms with van der Waals surface area (Å²) in [4.78, 5) is 12.5. The van der Waals surface area contributed by atoms with Crippen LogP contribution in [0.4, 0.5) is 0 Å². The van der Waals surface area contributed by atoms with Crippen molar-refractivity contribution in [3.8, 4) is 0 Å². The van der Waals surface area contributed by atoms with Gasteiger partial charge in [0.15, 0.2) is 0 Å². The Morgan fingerprint density at radius 3 is 2.65 bits per heavy atom. The van der Waals surface area contributed by atoms with E-state index in [9.17, 15) is 9.90 Å². The number of carbonyl (C=O) groups is 1. The van der Waals surface area contributed by atoms with E-state index in [-0.39, 0.29) is 12.5 Å². The largest absolute Gasteiger partial charge is 0.388 e. The SMILES string of the molecule is C[C@@](O)(CCc1ccccc1)CNC(=O)c1cccs1. The zero-order valence-corrected chi connectivity index (χ0v) is 12.3. The van der Waals surface area contributed by atoms with Crippen molar-refractivity contribution in [2.75, 3.05) is 6.54 Å². The Morgan fingerprint density at radius 2 is 2.00 bits per heavy atom. The Morgan fingerprint density at radius 1 is 1.25 bits per heavy atom. The maximum atomic E-state index is 11.8. The fourth-order valence-electron chi connectivity index (χ4n) is 1.91. The van der Waals surface area contributed by atoms with Gasteiger partial charge in [0.2, 0.25) is 0 Å². The molecule has 1 atom stereocenters. The number of aryl methyl sites for hydroxylation is 1. The molecule has 1 heterocycles. The van der Waals surface area contributed by atoms with Crippen LogP contribution in [-0.2, 0) is 6.42 Å². The van der Waals surface area contributed by atoms with E-state index in [0.717, 1.165) is 6.42 Å². The molecule has 106 valence electrons. The van der Waals surface area contributed by atoms with Crippen LogP contribution in [-0.4, -0.2) is 23.2 Å². The molecule has 0 aliphatic heterocycles. The highest BCUT2D eigenvalue weighted by Crippen LogP contribution is 2.14. The van der Waals surface area contributed by atoms with E-state index in [2.05, 4.69) is 5.32 Å². The minimum Gasteiger partial charge on any atom is -0.388 e. The molecule has 0 aliphatic carbocycles. The smallest absolute Gasteiger partial charge is 0.261 e. The van der Waals surface area contributed by atoms with Gasteiger partial charge in [-0.25, -0.2) is 0 Å². The Bertz CT molecular complexity index is 535. The summed E-state index contributed by atoms with van der Waals surface area (Å²) < 4.78 is 0. The maximum Gasteiger partial charge on any atom is 0.261 e. The average molecular weight is 289 g/mol. The Hall–Kier alpha value is -1.65. The second-order valence-corrected chi connectivity index (χ2v) is 6.09. The topological polar surface area (TPSA) is 49.3 Å². The molecule has 0 saturated carbocycles. The molecule has 4 heteroatoms. The van der Waals surface area contributed by atoms with E-state index >= 15 is 0 Å². The second kappa shape index (κ2) is 6.68. The standard InChI is InChI=1S/C16H19NO2S/c1-16(19,10-9-13-6-3-2-4-7-13)12-17-15(18)14-8-5-11-20-14/h2-8,11,19H,9-10,12H2,1H3,(H,17,18)/t16-/m1/s1. The molecule has 1 aromatic heterocycles. The van der Waals surface area contributed by atoms with E-state index in [4.69, 9.17) is 0 Å². The van der Waals surface area contributed by atoms with Gasteiger partial charge in [0, 0.05) is 6.54 Å². The summed E-state index contributed by atoms with van der Waals surface area (Å²) in [5.41, 5.74) is 0.292. The molecular weight excluding hydrogens is 270 g/mol. The first-order valence-electron chi connectivity index (χ1n) is 6.65. The molecule has 0 spiro atoms. The number of nitrogens with one attached hydrogen (secondary N) is 1. The summed E-state index contributed by atoms with van der Waals surface area (Å²) in [6.07, 6.45) is 1.41. The molecule has 1 aromatic carbocycles. The van der Waals surface area contributed by atoms with Crippen molar-refractivity contribution in [2.24, 2.45) is 0 Å². The summed E-state index contributed by atoms with van der Waals surface area (Å²) in [6, 6.07) is 13.7. The molecular formula is C16H19NO2S. The molecule has 0 bridgehead atoms. The normalized spacial score (nSPS) is 13.7. The summed E-state index contributed by atoms with van der Waals surface area (Å²) in [6.45, 7) is 2.02. The van der Waals surface area contributed by atoms with Gasteiger partial charge < -0.3 is 10.4 Å². The van der Waals surface area contributed by atoms with Crippen LogP contribution in [0.2, 0.25) is 0 Å². The highest BCUT2D eigenvalue weighted by molar-refractivity contribution is 7.12. The van der Waals surface area contributed by atoms with Gasteiger partial charge >= 0.3 is 0 Å². The Labute approximate surface area is 123 Å². The Kier molecular flexibility index (Phi) is 4.93. The summed E-state index contributed by atoms with van der Waals surface area (Å²) in [5.74, 6) is -0.125. The number of carbonyl (C=O) groups excluding carboxylic acids is 1. The summed E-state index contributed by atoms with van der Waals surface area (Å²) in [7, 11) is 0. The number of benzene rings is 1. The average Bonchev–Trinajstić information content (AvgIpc) is 2.98. The fourth-order valence-corrected chi connectivity index (χ4v) is 2.55. The van der Waals surface area contributed by atoms with Crippen LogP contribution in [0, 0.1) is 0 Å². The van der Waals surface area contributed by atoms with Crippen LogP contribution in [0.3, 0.4) is 0 Å². The van der Waals surface area contributed by atoms with Gasteiger partial charge in [-0.05, 0) is 36.8 Å². The van der Waals surface area contributed by atoms with E-state index in [1.807, 2.05) is 41.8 Å². The van der Waals surface area contributed by atoms with Gasteiger partial charge in [-0.1, -0.05) is 36.4 Å². The maximum absolute atomic E-state index is 11.8. The summed E-state index contributed by atoms with van der Waals surface area (Å²) >= 11 is 1.40. The van der Waals surface area contributed by atoms with Crippen LogP contribution in [0.25, 0.3) is 0 Å². The highest BCUT2D eigenvalue weighted by atomic mass is 32.1. The lowest BCUT2D eigenvalue weighted by Gasteiger charge is -2.23. The molecule has 0 radical (unpaired) electrons. The molecule has 2 rings (SSSR count). The highest BCUT2D eigenvalue weighted by Gasteiger charge is 2.21. The first kappa shape index (κ1) is 14.8. The van der Waals surface area contributed by atoms with Crippen molar-refractivity contribution in [3.63, 3.8) is 0 Å². The first-order valence-corrected chi connectivity index (χ1v) is 7.53. The lowest BCUT2D eigenvalue weighted by atomic mass is 9.97. The number of hydrogen-bond donors (Lipinski definition) is 2. The van der Waals surface area contributed by atoms with Crippen molar-refractivity contribution in [1.82, 2.24) is 5.32 Å². The molecule has 0 saturated heterocycles. The van der Waals surface area contributed by atoms with Crippen LogP contribution in [0.15, 0.2) is 47.8 Å². The lowest BCUT2D eigenvalue weighted by Crippen LogP contribution is -2.40. The number of thiophene rings is 1. The lowest BCUT2D eigenvalue weighted by molar-refractivity contribution is 0.0479. The Balaban J connectivity index is 1.80. The minimum atomic E-state index is -0.900. The van der Waals surface area contributed by atoms with E-state index in [1.54, 1.807) is 13.0 Å². The zero-order chi connectivity index (χ0) is 14.4. The molecule has 2 aromatic rings. The number of hydrogen-bond acceptors (Lipinski definition) is 3. The third kappa shape index (κ3) is 4.47. The van der Waals surface area contributed by atoms with Gasteiger partial charge in [0.05, 0.1) is 10.5 Å². The minimum absolute atomic E-state index is 0.125. The summed E-state index contributed by atoms with van der Waals surface area (Å²) in [5, 5.41) is 15.0. The van der Waals surface area contributed by atoms with E-state index < -0.39 is 5.60 Å². The van der Waals surface area contributed by atoms with Crippen LogP contribution in [0.5, 0.6) is 0 Å². The number of rotatable bonds is 6. The van der Waals surface area contributed by atoms with Crippen molar-refractivity contribution in [3.05, 3.63) is 58.3 Å². The predicted molar refractivity (Wildman–Crippen MR) is 82.0 cm³/mol. The molecule has 0 aliphatic rings. The third-order valence-corrected chi connectivity index (χ3v) is 4.04. The van der Waals surface area contributed by atoms with Gasteiger partial charge in [-0.3, -0.25) is 4.79 Å². The van der Waals surface area contributed by atoms with Crippen LogP contribution >= 0.6 is 11.3 Å². The number of aliphatic hydroxyl groups is 1. The molecule has 1 amide bonds. The van der Waals surface area contributed by atoms with Crippen molar-refractivity contribution < 1.29 is 9.90 Å². The zero-order valence-electron chi connectivity index (χ0n) is 11.5. The molecule has 0 fully saturated rings.